The number of benzene rings is 3. The summed E-state index contributed by atoms with van der Waals surface area (Å²) in [4.78, 5) is 58.6. The lowest BCUT2D eigenvalue weighted by atomic mass is 9.49. The van der Waals surface area contributed by atoms with Gasteiger partial charge >= 0.3 is 0 Å². The first kappa shape index (κ1) is 31.9. The first-order valence-electron chi connectivity index (χ1n) is 16.3. The van der Waals surface area contributed by atoms with Crippen LogP contribution in [-0.2, 0) is 24.6 Å². The number of hydrogen-bond acceptors (Lipinski definition) is 7. The van der Waals surface area contributed by atoms with Crippen molar-refractivity contribution in [2.24, 2.45) is 23.7 Å². The smallest absolute Gasteiger partial charge is 0.260 e. The Morgan fingerprint density at radius 3 is 2.38 bits per heavy atom. The molecule has 11 heteroatoms. The van der Waals surface area contributed by atoms with E-state index in [9.17, 15) is 23.9 Å². The topological polar surface area (TPSA) is 116 Å². The quantitative estimate of drug-likeness (QED) is 0.224. The molecule has 4 amide bonds. The van der Waals surface area contributed by atoms with Crippen LogP contribution in [0, 0.1) is 29.5 Å². The number of nitrogens with one attached hydrogen (secondary N) is 1. The minimum Gasteiger partial charge on any atom is -0.504 e. The fourth-order valence-corrected chi connectivity index (χ4v) is 8.65. The van der Waals surface area contributed by atoms with Gasteiger partial charge in [0.05, 0.1) is 35.5 Å². The molecule has 0 unspecified atom stereocenters. The first-order chi connectivity index (χ1) is 23.1. The van der Waals surface area contributed by atoms with Gasteiger partial charge in [0.15, 0.2) is 11.5 Å². The van der Waals surface area contributed by atoms with Crippen LogP contribution >= 0.6 is 11.6 Å². The first-order valence-corrected chi connectivity index (χ1v) is 16.7. The predicted octanol–water partition coefficient (Wildman–Crippen LogP) is 5.98. The Morgan fingerprint density at radius 2 is 1.69 bits per heavy atom. The van der Waals surface area contributed by atoms with Crippen LogP contribution in [0.1, 0.15) is 50.2 Å². The van der Waals surface area contributed by atoms with E-state index in [0.717, 1.165) is 10.6 Å². The molecule has 48 heavy (non-hydrogen) atoms. The van der Waals surface area contributed by atoms with E-state index in [1.807, 2.05) is 13.0 Å². The molecule has 3 aromatic rings. The van der Waals surface area contributed by atoms with Gasteiger partial charge in [0.2, 0.25) is 11.8 Å². The third-order valence-electron chi connectivity index (χ3n) is 10.4. The van der Waals surface area contributed by atoms with Gasteiger partial charge in [-0.15, -0.1) is 0 Å². The van der Waals surface area contributed by atoms with Crippen LogP contribution in [-0.4, -0.2) is 51.8 Å². The van der Waals surface area contributed by atoms with Crippen LogP contribution in [0.3, 0.4) is 0 Å². The molecule has 2 heterocycles. The van der Waals surface area contributed by atoms with E-state index < -0.39 is 52.6 Å². The van der Waals surface area contributed by atoms with Gasteiger partial charge in [-0.3, -0.25) is 29.5 Å². The van der Waals surface area contributed by atoms with Crippen LogP contribution in [0.4, 0.5) is 10.1 Å². The van der Waals surface area contributed by atoms with Gasteiger partial charge in [0.25, 0.3) is 11.8 Å². The number of hydrogen-bond donors (Lipinski definition) is 2. The zero-order valence-corrected chi connectivity index (χ0v) is 27.2. The van der Waals surface area contributed by atoms with Crippen molar-refractivity contribution >= 4 is 40.9 Å². The van der Waals surface area contributed by atoms with Crippen molar-refractivity contribution in [1.82, 2.24) is 9.91 Å². The summed E-state index contributed by atoms with van der Waals surface area (Å²) >= 11 is 6.34. The van der Waals surface area contributed by atoms with Crippen molar-refractivity contribution in [3.05, 3.63) is 100 Å². The fraction of sp³-hybridized carbons (Fsp3) is 0.351. The van der Waals surface area contributed by atoms with E-state index in [1.54, 1.807) is 43.3 Å². The van der Waals surface area contributed by atoms with E-state index in [-0.39, 0.29) is 36.3 Å². The van der Waals surface area contributed by atoms with Gasteiger partial charge in [-0.1, -0.05) is 48.4 Å². The zero-order chi connectivity index (χ0) is 33.9. The van der Waals surface area contributed by atoms with E-state index in [1.165, 1.54) is 35.2 Å². The maximum Gasteiger partial charge on any atom is 0.260 e. The second-order valence-electron chi connectivity index (χ2n) is 12.9. The Morgan fingerprint density at radius 1 is 0.958 bits per heavy atom. The monoisotopic (exact) mass is 671 g/mol. The number of phenolic OH excluding ortho intramolecular Hbond substituents is 1. The van der Waals surface area contributed by atoms with Crippen molar-refractivity contribution in [3.63, 3.8) is 0 Å². The van der Waals surface area contributed by atoms with Crippen molar-refractivity contribution in [1.29, 1.82) is 0 Å². The normalized spacial score (nSPS) is 27.8. The minimum atomic E-state index is -1.51. The number of fused-ring (bicyclic) bond motifs is 4. The molecule has 0 aromatic heterocycles. The van der Waals surface area contributed by atoms with Crippen molar-refractivity contribution in [3.8, 4) is 11.5 Å². The number of rotatable bonds is 8. The highest BCUT2D eigenvalue weighted by molar-refractivity contribution is 6.30. The number of hydrazine groups is 1. The highest BCUT2D eigenvalue weighted by Gasteiger charge is 2.70. The molecule has 2 saturated heterocycles. The Hall–Kier alpha value is -4.70. The Labute approximate surface area is 282 Å². The van der Waals surface area contributed by atoms with Crippen LogP contribution in [0.25, 0.3) is 0 Å². The Kier molecular flexibility index (Phi) is 8.02. The number of likely N-dealkylation sites (tertiary alicyclic amines) is 1. The predicted molar refractivity (Wildman–Crippen MR) is 175 cm³/mol. The molecule has 2 aliphatic heterocycles. The minimum absolute atomic E-state index is 0.0806. The maximum absolute atomic E-state index is 15.1. The van der Waals surface area contributed by atoms with Crippen LogP contribution in [0.5, 0.6) is 11.5 Å². The van der Waals surface area contributed by atoms with E-state index in [4.69, 9.17) is 16.3 Å². The Balaban J connectivity index is 1.46. The molecule has 6 atom stereocenters. The molecule has 0 spiro atoms. The molecule has 3 aromatic carbocycles. The zero-order valence-electron chi connectivity index (χ0n) is 26.5. The summed E-state index contributed by atoms with van der Waals surface area (Å²) in [7, 11) is 0. The van der Waals surface area contributed by atoms with Crippen LogP contribution in [0.2, 0.25) is 5.02 Å². The average Bonchev–Trinajstić information content (AvgIpc) is 3.44. The number of amides is 4. The highest BCUT2D eigenvalue weighted by Crippen LogP contribution is 2.64. The van der Waals surface area contributed by atoms with Crippen molar-refractivity contribution in [2.75, 3.05) is 18.6 Å². The molecule has 7 rings (SSSR count). The summed E-state index contributed by atoms with van der Waals surface area (Å²) in [5, 5.41) is 12.1. The summed E-state index contributed by atoms with van der Waals surface area (Å²) in [5.41, 5.74) is 3.72. The number of carbonyl (C=O) groups excluding carboxylic acids is 4. The third-order valence-corrected chi connectivity index (χ3v) is 10.7. The van der Waals surface area contributed by atoms with Gasteiger partial charge in [0, 0.05) is 17.5 Å². The highest BCUT2D eigenvalue weighted by atomic mass is 35.5. The maximum atomic E-state index is 15.1. The largest absolute Gasteiger partial charge is 0.504 e. The molecule has 1 saturated carbocycles. The molecule has 9 nitrogen and oxygen atoms in total. The number of anilines is 1. The lowest BCUT2D eigenvalue weighted by Gasteiger charge is -2.50. The molecule has 2 N–H and O–H groups in total. The van der Waals surface area contributed by atoms with E-state index in [0.29, 0.717) is 41.2 Å². The summed E-state index contributed by atoms with van der Waals surface area (Å²) in [6.07, 6.45) is 3.06. The number of imide groups is 2. The van der Waals surface area contributed by atoms with Crippen LogP contribution in [0.15, 0.2) is 78.4 Å². The molecule has 0 radical (unpaired) electrons. The molecular weight excluding hydrogens is 637 g/mol. The molecule has 0 bridgehead atoms. The van der Waals surface area contributed by atoms with Gasteiger partial charge in [-0.25, -0.2) is 4.39 Å². The van der Waals surface area contributed by atoms with Crippen LogP contribution < -0.4 is 10.2 Å². The van der Waals surface area contributed by atoms with E-state index >= 15 is 4.79 Å². The summed E-state index contributed by atoms with van der Waals surface area (Å²) < 4.78 is 19.6. The second kappa shape index (κ2) is 12.1. The Bertz CT molecular complexity index is 1850. The fourth-order valence-electron chi connectivity index (χ4n) is 8.52. The van der Waals surface area contributed by atoms with Crippen molar-refractivity contribution < 1.29 is 33.4 Å². The average molecular weight is 672 g/mol. The molecule has 3 fully saturated rings. The molecule has 2 aliphatic carbocycles. The van der Waals surface area contributed by atoms with Gasteiger partial charge in [-0.2, -0.15) is 5.01 Å². The number of nitrogens with zero attached hydrogens (tertiary/aromatic N) is 2. The number of ether oxygens (including phenoxy) is 1. The number of aromatic hydroxyl groups is 1. The molecule has 248 valence electrons. The molecular formula is C37H35ClFN3O6. The number of phenols is 1. The number of allylic oxidation sites excluding steroid dienone is 2. The second-order valence-corrected chi connectivity index (χ2v) is 13.3. The molecule has 4 aliphatic rings. The van der Waals surface area contributed by atoms with E-state index in [2.05, 4.69) is 5.43 Å². The summed E-state index contributed by atoms with van der Waals surface area (Å²) in [6.45, 7) is 4.30. The number of halogens is 2. The standard InChI is InChI=1S/C37H35ClFN3O6/c1-3-17-41-33(44)26-15-14-25-27(31(26)35(41)46)19-28-34(45)42(40-24-12-10-23(39)11-13-24)36(47)37(28,21-6-8-22(38)9-7-21)32(25)20-5-16-29(43)30(18-20)48-4-2/h5-14,16,18,26-28,31-32,40,43H,3-4,15,17,19H2,1-2H3/t26-,27+,28-,31-,32-,37+/m0/s1. The van der Waals surface area contributed by atoms with Crippen molar-refractivity contribution in [2.45, 2.75) is 44.4 Å². The third kappa shape index (κ3) is 4.71. The SMILES string of the molecule is CCCN1C(=O)[C@H]2[C@H](CC=C3[C@H]2C[C@H]2C(=O)N(Nc4ccc(F)cc4)C(=O)[C@@]2(c2ccc(Cl)cc2)[C@H]3c2ccc(O)c(OCC)c2)C1=O. The van der Waals surface area contributed by atoms with Gasteiger partial charge in [0.1, 0.15) is 5.82 Å². The van der Waals surface area contributed by atoms with Gasteiger partial charge < -0.3 is 9.84 Å². The summed E-state index contributed by atoms with van der Waals surface area (Å²) in [6, 6.07) is 17.1. The summed E-state index contributed by atoms with van der Waals surface area (Å²) in [5.74, 6) is -5.31. The van der Waals surface area contributed by atoms with Gasteiger partial charge in [-0.05, 0) is 91.8 Å². The lowest BCUT2D eigenvalue weighted by molar-refractivity contribution is -0.141. The number of carbonyl (C=O) groups is 4. The lowest BCUT2D eigenvalue weighted by Crippen LogP contribution is -2.53.